The molecular weight excluding hydrogens is 269 g/mol. The predicted molar refractivity (Wildman–Crippen MR) is 49.2 cm³/mol. The van der Waals surface area contributed by atoms with E-state index in [0.717, 1.165) is 3.58 Å². The lowest BCUT2D eigenvalue weighted by molar-refractivity contribution is -0.159. The summed E-state index contributed by atoms with van der Waals surface area (Å²) in [5, 5.41) is 8.71. The molecule has 0 saturated carbocycles. The second-order valence-corrected chi connectivity index (χ2v) is 4.22. The van der Waals surface area contributed by atoms with Crippen molar-refractivity contribution in [1.82, 2.24) is 0 Å². The van der Waals surface area contributed by atoms with Crippen molar-refractivity contribution in [3.05, 3.63) is 9.66 Å². The van der Waals surface area contributed by atoms with Crippen molar-refractivity contribution < 1.29 is 9.53 Å². The first kappa shape index (κ1) is 8.05. The summed E-state index contributed by atoms with van der Waals surface area (Å²) in [6.45, 7) is 0. The molecule has 62 valence electrons. The summed E-state index contributed by atoms with van der Waals surface area (Å²) in [4.78, 5) is 11.2. The lowest BCUT2D eigenvalue weighted by atomic mass is 9.83. The maximum Gasteiger partial charge on any atom is 0.314 e. The Kier molecular flexibility index (Phi) is 1.83. The van der Waals surface area contributed by atoms with Gasteiger partial charge in [0.15, 0.2) is 0 Å². The lowest BCUT2D eigenvalue weighted by Crippen LogP contribution is -2.41. The van der Waals surface area contributed by atoms with Crippen LogP contribution in [0.25, 0.3) is 0 Å². The van der Waals surface area contributed by atoms with Crippen LogP contribution >= 0.6 is 22.6 Å². The fraction of sp³-hybridized carbons (Fsp3) is 0.500. The number of halogens is 1. The zero-order valence-corrected chi connectivity index (χ0v) is 8.32. The highest BCUT2D eigenvalue weighted by Gasteiger charge is 2.42. The number of carbonyl (C=O) groups is 1. The van der Waals surface area contributed by atoms with Gasteiger partial charge in [0.2, 0.25) is 0 Å². The maximum absolute atomic E-state index is 11.2. The third-order valence-corrected chi connectivity index (χ3v) is 3.36. The van der Waals surface area contributed by atoms with Crippen molar-refractivity contribution in [3.8, 4) is 6.07 Å². The van der Waals surface area contributed by atoms with Gasteiger partial charge in [-0.2, -0.15) is 5.26 Å². The van der Waals surface area contributed by atoms with Gasteiger partial charge in [0.05, 0.1) is 17.9 Å². The third kappa shape index (κ3) is 1.04. The number of esters is 1. The average Bonchev–Trinajstić information content (AvgIpc) is 2.04. The molecular formula is C8H6INO2. The standard InChI is InChI=1S/C8H6INO2/c9-6-2-7-4(3-10)1-5(6)8(11)12-7/h2,4-5,7H,1H2/t4-,5+,7+/m0/s1. The normalized spacial score (nSPS) is 38.5. The molecule has 0 unspecified atom stereocenters. The molecule has 0 aromatic carbocycles. The molecule has 3 atom stereocenters. The Labute approximate surface area is 83.5 Å². The van der Waals surface area contributed by atoms with Crippen molar-refractivity contribution in [2.45, 2.75) is 12.5 Å². The summed E-state index contributed by atoms with van der Waals surface area (Å²) in [6, 6.07) is 2.15. The second kappa shape index (κ2) is 2.73. The number of fused-ring (bicyclic) bond motifs is 2. The first-order chi connectivity index (χ1) is 5.72. The van der Waals surface area contributed by atoms with Gasteiger partial charge in [0.1, 0.15) is 6.10 Å². The lowest BCUT2D eigenvalue weighted by Gasteiger charge is -2.35. The van der Waals surface area contributed by atoms with Gasteiger partial charge in [-0.3, -0.25) is 4.79 Å². The molecule has 0 spiro atoms. The molecule has 1 saturated heterocycles. The van der Waals surface area contributed by atoms with E-state index in [9.17, 15) is 4.79 Å². The van der Waals surface area contributed by atoms with Gasteiger partial charge in [-0.25, -0.2) is 0 Å². The van der Waals surface area contributed by atoms with Gasteiger partial charge in [-0.1, -0.05) is 0 Å². The number of ether oxygens (including phenoxy) is 1. The van der Waals surface area contributed by atoms with Crippen molar-refractivity contribution in [1.29, 1.82) is 5.26 Å². The average molecular weight is 275 g/mol. The van der Waals surface area contributed by atoms with E-state index in [-0.39, 0.29) is 23.9 Å². The topological polar surface area (TPSA) is 50.1 Å². The monoisotopic (exact) mass is 275 g/mol. The summed E-state index contributed by atoms with van der Waals surface area (Å²) in [5.74, 6) is -0.468. The van der Waals surface area contributed by atoms with E-state index in [4.69, 9.17) is 10.00 Å². The van der Waals surface area contributed by atoms with Gasteiger partial charge in [-0.05, 0) is 35.1 Å². The van der Waals surface area contributed by atoms with Crippen LogP contribution in [0.4, 0.5) is 0 Å². The van der Waals surface area contributed by atoms with Gasteiger partial charge >= 0.3 is 5.97 Å². The van der Waals surface area contributed by atoms with E-state index >= 15 is 0 Å². The summed E-state index contributed by atoms with van der Waals surface area (Å²) in [5.41, 5.74) is 0. The molecule has 2 aliphatic heterocycles. The second-order valence-electron chi connectivity index (χ2n) is 2.98. The summed E-state index contributed by atoms with van der Waals surface area (Å²) in [7, 11) is 0. The summed E-state index contributed by atoms with van der Waals surface area (Å²) < 4.78 is 6.04. The van der Waals surface area contributed by atoms with E-state index in [1.165, 1.54) is 0 Å². The fourth-order valence-electron chi connectivity index (χ4n) is 1.56. The van der Waals surface area contributed by atoms with Crippen molar-refractivity contribution in [2.75, 3.05) is 0 Å². The van der Waals surface area contributed by atoms with E-state index < -0.39 is 0 Å². The number of rotatable bonds is 0. The summed E-state index contributed by atoms with van der Waals surface area (Å²) in [6.07, 6.45) is 2.22. The molecule has 2 heterocycles. The van der Waals surface area contributed by atoms with Crippen LogP contribution in [0, 0.1) is 23.2 Å². The summed E-state index contributed by atoms with van der Waals surface area (Å²) >= 11 is 2.14. The van der Waals surface area contributed by atoms with Crippen LogP contribution in [0.1, 0.15) is 6.42 Å². The third-order valence-electron chi connectivity index (χ3n) is 2.25. The SMILES string of the molecule is N#C[C@@H]1C[C@H]2C(=O)O[C@@H]1C=C2I. The Morgan fingerprint density at radius 2 is 2.50 bits per heavy atom. The minimum atomic E-state index is -0.292. The first-order valence-electron chi connectivity index (χ1n) is 3.69. The molecule has 0 radical (unpaired) electrons. The van der Waals surface area contributed by atoms with Crippen LogP contribution in [0.15, 0.2) is 9.66 Å². The van der Waals surface area contributed by atoms with E-state index in [2.05, 4.69) is 28.7 Å². The molecule has 3 nitrogen and oxygen atoms in total. The zero-order valence-electron chi connectivity index (χ0n) is 6.16. The zero-order chi connectivity index (χ0) is 8.72. The van der Waals surface area contributed by atoms with Crippen LogP contribution in [-0.4, -0.2) is 12.1 Å². The Balaban J connectivity index is 2.34. The molecule has 3 rings (SSSR count). The van der Waals surface area contributed by atoms with Crippen molar-refractivity contribution in [2.24, 2.45) is 11.8 Å². The van der Waals surface area contributed by atoms with Gasteiger partial charge in [0, 0.05) is 3.58 Å². The Morgan fingerprint density at radius 1 is 1.75 bits per heavy atom. The molecule has 3 aliphatic rings. The highest BCUT2D eigenvalue weighted by Crippen LogP contribution is 2.40. The number of carbonyl (C=O) groups excluding carboxylic acids is 1. The van der Waals surface area contributed by atoms with E-state index in [1.54, 1.807) is 0 Å². The number of hydrogen-bond acceptors (Lipinski definition) is 3. The molecule has 1 aliphatic carbocycles. The minimum absolute atomic E-state index is 0.133. The predicted octanol–water partition coefficient (Wildman–Crippen LogP) is 1.39. The van der Waals surface area contributed by atoms with E-state index in [1.807, 2.05) is 6.08 Å². The van der Waals surface area contributed by atoms with Gasteiger partial charge < -0.3 is 4.74 Å². The molecule has 0 amide bonds. The van der Waals surface area contributed by atoms with Crippen molar-refractivity contribution in [3.63, 3.8) is 0 Å². The fourth-order valence-corrected chi connectivity index (χ4v) is 2.42. The molecule has 1 fully saturated rings. The largest absolute Gasteiger partial charge is 0.456 e. The van der Waals surface area contributed by atoms with Crippen LogP contribution in [-0.2, 0) is 9.53 Å². The highest BCUT2D eigenvalue weighted by molar-refractivity contribution is 14.1. The molecule has 0 aromatic heterocycles. The molecule has 4 heteroatoms. The van der Waals surface area contributed by atoms with Crippen molar-refractivity contribution >= 4 is 28.6 Å². The van der Waals surface area contributed by atoms with Crippen LogP contribution in [0.5, 0.6) is 0 Å². The van der Waals surface area contributed by atoms with Crippen LogP contribution in [0.3, 0.4) is 0 Å². The smallest absolute Gasteiger partial charge is 0.314 e. The molecule has 0 aromatic rings. The Bertz CT molecular complexity index is 305. The maximum atomic E-state index is 11.2. The van der Waals surface area contributed by atoms with E-state index in [0.29, 0.717) is 6.42 Å². The Hall–Kier alpha value is -0.570. The molecule has 12 heavy (non-hydrogen) atoms. The molecule has 2 bridgehead atoms. The number of nitrogens with zero attached hydrogens (tertiary/aromatic N) is 1. The highest BCUT2D eigenvalue weighted by atomic mass is 127. The number of nitriles is 1. The molecule has 0 N–H and O–H groups in total. The number of hydrogen-bond donors (Lipinski definition) is 0. The minimum Gasteiger partial charge on any atom is -0.456 e. The first-order valence-corrected chi connectivity index (χ1v) is 4.77. The van der Waals surface area contributed by atoms with Gasteiger partial charge in [-0.15, -0.1) is 0 Å². The van der Waals surface area contributed by atoms with Gasteiger partial charge in [0.25, 0.3) is 0 Å². The Morgan fingerprint density at radius 3 is 3.00 bits per heavy atom. The van der Waals surface area contributed by atoms with Crippen LogP contribution < -0.4 is 0 Å². The van der Waals surface area contributed by atoms with Crippen LogP contribution in [0.2, 0.25) is 0 Å². The quantitative estimate of drug-likeness (QED) is 0.496.